The highest BCUT2D eigenvalue weighted by Gasteiger charge is 2.31. The Morgan fingerprint density at radius 2 is 1.68 bits per heavy atom. The molecule has 0 aliphatic heterocycles. The Kier molecular flexibility index (Phi) is 7.99. The number of benzene rings is 3. The van der Waals surface area contributed by atoms with Crippen molar-refractivity contribution in [1.82, 2.24) is 29.8 Å². The highest BCUT2D eigenvalue weighted by Crippen LogP contribution is 2.29. The second-order valence-electron chi connectivity index (χ2n) is 8.83. The van der Waals surface area contributed by atoms with E-state index in [9.17, 15) is 18.0 Å². The fourth-order valence-corrected chi connectivity index (χ4v) is 4.53. The molecular weight excluding hydrogens is 584 g/mol. The van der Waals surface area contributed by atoms with Crippen LogP contribution >= 0.6 is 23.2 Å². The van der Waals surface area contributed by atoms with E-state index in [1.165, 1.54) is 24.3 Å². The number of H-pyrrole nitrogens is 1. The Hall–Kier alpha value is -4.36. The number of anilines is 1. The van der Waals surface area contributed by atoms with Crippen LogP contribution in [0.1, 0.15) is 29.3 Å². The van der Waals surface area contributed by atoms with Gasteiger partial charge in [0.05, 0.1) is 33.3 Å². The predicted octanol–water partition coefficient (Wildman–Crippen LogP) is 6.10. The fraction of sp³-hybridized carbons (Fsp3) is 0.192. The zero-order valence-electron chi connectivity index (χ0n) is 21.3. The van der Waals surface area contributed by atoms with Crippen molar-refractivity contribution in [2.75, 3.05) is 5.32 Å². The van der Waals surface area contributed by atoms with Crippen molar-refractivity contribution in [2.45, 2.75) is 32.8 Å². The van der Waals surface area contributed by atoms with Crippen molar-refractivity contribution in [2.24, 2.45) is 4.99 Å². The van der Waals surface area contributed by atoms with E-state index in [1.807, 2.05) is 16.1 Å². The van der Waals surface area contributed by atoms with Gasteiger partial charge in [-0.2, -0.15) is 5.21 Å². The maximum absolute atomic E-state index is 12.6. The molecule has 0 aliphatic carbocycles. The van der Waals surface area contributed by atoms with Crippen molar-refractivity contribution in [3.63, 3.8) is 0 Å². The zero-order valence-corrected chi connectivity index (χ0v) is 22.8. The molecule has 2 aromatic heterocycles. The highest BCUT2D eigenvalue weighted by molar-refractivity contribution is 6.42. The standard InChI is InChI=1S/C26H21Cl2F3N8O2/c1-2-11-38-21-12-19(27)20(28)13-22(21)39(25(38)32-17-7-9-18(10-8-17)41-26(29,30)31)14-15-3-5-16(6-4-15)23(40)33-24-34-36-37-35-24/h3-10,12-13H,2,11,14H2,1H3,(H2,33,34,35,36,37,40). The van der Waals surface area contributed by atoms with Gasteiger partial charge in [0.2, 0.25) is 5.62 Å². The van der Waals surface area contributed by atoms with Gasteiger partial charge in [0, 0.05) is 12.1 Å². The summed E-state index contributed by atoms with van der Waals surface area (Å²) in [5.74, 6) is -0.696. The number of nitrogens with one attached hydrogen (secondary N) is 2. The van der Waals surface area contributed by atoms with E-state index in [-0.39, 0.29) is 11.7 Å². The van der Waals surface area contributed by atoms with Gasteiger partial charge in [-0.05, 0) is 65.7 Å². The minimum atomic E-state index is -4.79. The van der Waals surface area contributed by atoms with Crippen LogP contribution in [0.3, 0.4) is 0 Å². The van der Waals surface area contributed by atoms with Crippen molar-refractivity contribution < 1.29 is 22.7 Å². The number of hydrogen-bond donors (Lipinski definition) is 2. The van der Waals surface area contributed by atoms with Gasteiger partial charge in [0.25, 0.3) is 11.9 Å². The number of rotatable bonds is 8. The summed E-state index contributed by atoms with van der Waals surface area (Å²) in [5.41, 5.74) is 3.72. The molecule has 0 bridgehead atoms. The van der Waals surface area contributed by atoms with E-state index in [4.69, 9.17) is 28.2 Å². The molecule has 0 aliphatic rings. The molecule has 5 rings (SSSR count). The lowest BCUT2D eigenvalue weighted by atomic mass is 10.1. The second kappa shape index (κ2) is 11.6. The zero-order chi connectivity index (χ0) is 29.1. The molecule has 3 aromatic carbocycles. The molecular formula is C26H21Cl2F3N8O2. The van der Waals surface area contributed by atoms with E-state index in [1.54, 1.807) is 36.4 Å². The van der Waals surface area contributed by atoms with Crippen LogP contribution in [0.15, 0.2) is 65.7 Å². The Bertz CT molecular complexity index is 1750. The van der Waals surface area contributed by atoms with Gasteiger partial charge in [-0.15, -0.1) is 18.3 Å². The third-order valence-electron chi connectivity index (χ3n) is 5.96. The number of nitrogens with zero attached hydrogens (tertiary/aromatic N) is 6. The van der Waals surface area contributed by atoms with Crippen molar-refractivity contribution in [3.05, 3.63) is 87.5 Å². The average Bonchev–Trinajstić information content (AvgIpc) is 3.53. The molecule has 1 amide bonds. The largest absolute Gasteiger partial charge is 0.573 e. The lowest BCUT2D eigenvalue weighted by molar-refractivity contribution is -0.274. The van der Waals surface area contributed by atoms with Crippen LogP contribution in [0.5, 0.6) is 5.75 Å². The lowest BCUT2D eigenvalue weighted by Crippen LogP contribution is -2.26. The van der Waals surface area contributed by atoms with Crippen LogP contribution in [0.25, 0.3) is 11.0 Å². The molecule has 0 radical (unpaired) electrons. The summed E-state index contributed by atoms with van der Waals surface area (Å²) in [4.78, 5) is 17.3. The van der Waals surface area contributed by atoms with Crippen molar-refractivity contribution >= 4 is 51.8 Å². The summed E-state index contributed by atoms with van der Waals surface area (Å²) in [6, 6.07) is 15.7. The first-order chi connectivity index (χ1) is 19.6. The normalized spacial score (nSPS) is 12.2. The van der Waals surface area contributed by atoms with E-state index in [2.05, 4.69) is 30.7 Å². The number of tetrazole rings is 1. The third kappa shape index (κ3) is 6.52. The maximum atomic E-state index is 12.6. The number of halogens is 5. The number of aryl methyl sites for hydroxylation is 1. The van der Waals surface area contributed by atoms with Gasteiger partial charge < -0.3 is 13.9 Å². The van der Waals surface area contributed by atoms with Gasteiger partial charge in [0.15, 0.2) is 0 Å². The molecule has 41 heavy (non-hydrogen) atoms. The third-order valence-corrected chi connectivity index (χ3v) is 6.68. The number of fused-ring (bicyclic) bond motifs is 1. The van der Waals surface area contributed by atoms with Crippen LogP contribution in [0.4, 0.5) is 24.8 Å². The quantitative estimate of drug-likeness (QED) is 0.222. The molecule has 15 heteroatoms. The number of amides is 1. The summed E-state index contributed by atoms with van der Waals surface area (Å²) < 4.78 is 45.7. The molecule has 0 fully saturated rings. The van der Waals surface area contributed by atoms with Gasteiger partial charge in [0.1, 0.15) is 5.75 Å². The van der Waals surface area contributed by atoms with Crippen LogP contribution < -0.4 is 15.7 Å². The predicted molar refractivity (Wildman–Crippen MR) is 146 cm³/mol. The number of ether oxygens (including phenoxy) is 1. The fourth-order valence-electron chi connectivity index (χ4n) is 4.21. The van der Waals surface area contributed by atoms with E-state index >= 15 is 0 Å². The van der Waals surface area contributed by atoms with Crippen LogP contribution in [-0.2, 0) is 13.1 Å². The number of aromatic nitrogens is 6. The Labute approximate surface area is 240 Å². The van der Waals surface area contributed by atoms with Gasteiger partial charge in [-0.1, -0.05) is 47.4 Å². The number of imidazole rings is 1. The van der Waals surface area contributed by atoms with E-state index < -0.39 is 12.3 Å². The van der Waals surface area contributed by atoms with Crippen LogP contribution in [0.2, 0.25) is 10.0 Å². The number of aromatic amines is 1. The summed E-state index contributed by atoms with van der Waals surface area (Å²) in [6.45, 7) is 2.94. The lowest BCUT2D eigenvalue weighted by Gasteiger charge is -2.09. The summed E-state index contributed by atoms with van der Waals surface area (Å²) in [5, 5.41) is 16.3. The molecule has 10 nitrogen and oxygen atoms in total. The average molecular weight is 605 g/mol. The first kappa shape index (κ1) is 28.2. The van der Waals surface area contributed by atoms with E-state index in [0.717, 1.165) is 23.0 Å². The molecule has 0 unspecified atom stereocenters. The molecule has 0 saturated carbocycles. The number of hydrogen-bond acceptors (Lipinski definition) is 6. The molecule has 2 N–H and O–H groups in total. The summed E-state index contributed by atoms with van der Waals surface area (Å²) in [7, 11) is 0. The van der Waals surface area contributed by atoms with Gasteiger partial charge >= 0.3 is 6.36 Å². The SMILES string of the molecule is CCCn1c(=Nc2ccc(OC(F)(F)F)cc2)n(Cc2ccc(C(=O)Nc3nn[nH]n3)cc2)c2cc(Cl)c(Cl)cc21. The van der Waals surface area contributed by atoms with E-state index in [0.29, 0.717) is 40.0 Å². The second-order valence-corrected chi connectivity index (χ2v) is 9.65. The number of carbonyl (C=O) groups is 1. The topological polar surface area (TPSA) is 115 Å². The van der Waals surface area contributed by atoms with Gasteiger partial charge in [-0.25, -0.2) is 4.99 Å². The van der Waals surface area contributed by atoms with Crippen molar-refractivity contribution in [1.29, 1.82) is 0 Å². The first-order valence-electron chi connectivity index (χ1n) is 12.2. The Morgan fingerprint density at radius 3 is 2.27 bits per heavy atom. The Morgan fingerprint density at radius 1 is 1.02 bits per heavy atom. The van der Waals surface area contributed by atoms with Gasteiger partial charge in [-0.3, -0.25) is 10.1 Å². The molecule has 212 valence electrons. The minimum Gasteiger partial charge on any atom is -0.406 e. The monoisotopic (exact) mass is 604 g/mol. The molecule has 2 heterocycles. The molecule has 5 aromatic rings. The number of alkyl halides is 3. The number of carbonyl (C=O) groups excluding carboxylic acids is 1. The van der Waals surface area contributed by atoms with Crippen LogP contribution in [0, 0.1) is 0 Å². The summed E-state index contributed by atoms with van der Waals surface area (Å²) >= 11 is 12.8. The smallest absolute Gasteiger partial charge is 0.406 e. The first-order valence-corrected chi connectivity index (χ1v) is 13.0. The molecule has 0 spiro atoms. The molecule has 0 atom stereocenters. The summed E-state index contributed by atoms with van der Waals surface area (Å²) in [6.07, 6.45) is -4.02. The Balaban J connectivity index is 1.56. The van der Waals surface area contributed by atoms with Crippen molar-refractivity contribution in [3.8, 4) is 5.75 Å². The minimum absolute atomic E-state index is 0.0539. The highest BCUT2D eigenvalue weighted by atomic mass is 35.5. The molecule has 0 saturated heterocycles. The van der Waals surface area contributed by atoms with Crippen LogP contribution in [-0.4, -0.2) is 42.0 Å². The maximum Gasteiger partial charge on any atom is 0.573 e.